The van der Waals surface area contributed by atoms with Gasteiger partial charge in [0.1, 0.15) is 6.26 Å². The van der Waals surface area contributed by atoms with E-state index in [9.17, 15) is 9.59 Å². The number of nitrogens with zero attached hydrogens (tertiary/aromatic N) is 1. The number of aromatic nitrogens is 1. The maximum absolute atomic E-state index is 11.2. The van der Waals surface area contributed by atoms with Crippen molar-refractivity contribution in [3.63, 3.8) is 0 Å². The first-order valence-corrected chi connectivity index (χ1v) is 4.56. The van der Waals surface area contributed by atoms with Crippen LogP contribution in [-0.2, 0) is 16.0 Å². The first-order valence-electron chi connectivity index (χ1n) is 4.56. The normalized spacial score (nSPS) is 9.67. The van der Waals surface area contributed by atoms with Crippen LogP contribution in [0.1, 0.15) is 12.6 Å². The van der Waals surface area contributed by atoms with Crippen LogP contribution in [0.2, 0.25) is 0 Å². The molecule has 2 N–H and O–H groups in total. The highest BCUT2D eigenvalue weighted by Crippen LogP contribution is 1.94. The number of hydrogen-bond acceptors (Lipinski definition) is 4. The van der Waals surface area contributed by atoms with Crippen LogP contribution in [0.5, 0.6) is 0 Å². The van der Waals surface area contributed by atoms with Gasteiger partial charge in [-0.05, 0) is 0 Å². The van der Waals surface area contributed by atoms with E-state index in [0.717, 1.165) is 0 Å². The third-order valence-corrected chi connectivity index (χ3v) is 1.65. The summed E-state index contributed by atoms with van der Waals surface area (Å²) in [4.78, 5) is 25.6. The van der Waals surface area contributed by atoms with Crippen molar-refractivity contribution in [3.05, 3.63) is 18.4 Å². The molecule has 82 valence electrons. The number of oxazole rings is 1. The van der Waals surface area contributed by atoms with Crippen molar-refractivity contribution in [3.8, 4) is 0 Å². The lowest BCUT2D eigenvalue weighted by atomic mass is 10.3. The maximum Gasteiger partial charge on any atom is 0.226 e. The molecule has 0 aliphatic carbocycles. The Kier molecular flexibility index (Phi) is 4.33. The van der Waals surface area contributed by atoms with Crippen molar-refractivity contribution in [2.75, 3.05) is 13.1 Å². The zero-order valence-corrected chi connectivity index (χ0v) is 8.45. The quantitative estimate of drug-likeness (QED) is 0.641. The summed E-state index contributed by atoms with van der Waals surface area (Å²) in [6.07, 6.45) is 2.89. The molecular weight excluding hydrogens is 198 g/mol. The second-order valence-electron chi connectivity index (χ2n) is 2.99. The molecule has 0 bridgehead atoms. The van der Waals surface area contributed by atoms with Crippen LogP contribution >= 0.6 is 0 Å². The van der Waals surface area contributed by atoms with Crippen LogP contribution in [-0.4, -0.2) is 29.9 Å². The molecule has 6 heteroatoms. The summed E-state index contributed by atoms with van der Waals surface area (Å²) in [6, 6.07) is 0. The van der Waals surface area contributed by atoms with E-state index in [-0.39, 0.29) is 18.2 Å². The minimum atomic E-state index is -0.144. The molecule has 0 atom stereocenters. The van der Waals surface area contributed by atoms with Gasteiger partial charge >= 0.3 is 0 Å². The summed E-state index contributed by atoms with van der Waals surface area (Å²) in [5.74, 6) is -0.255. The lowest BCUT2D eigenvalue weighted by Gasteiger charge is -2.03. The van der Waals surface area contributed by atoms with E-state index >= 15 is 0 Å². The van der Waals surface area contributed by atoms with E-state index in [2.05, 4.69) is 15.6 Å². The van der Waals surface area contributed by atoms with Crippen LogP contribution in [0.25, 0.3) is 0 Å². The second-order valence-corrected chi connectivity index (χ2v) is 2.99. The molecule has 1 rings (SSSR count). The third-order valence-electron chi connectivity index (χ3n) is 1.65. The number of rotatable bonds is 5. The standard InChI is InChI=1S/C9H13N3O3/c1-7(13)10-2-3-11-9(14)4-8-5-15-6-12-8/h5-6H,2-4H2,1H3,(H,10,13)(H,11,14). The highest BCUT2D eigenvalue weighted by molar-refractivity contribution is 5.78. The molecule has 0 saturated carbocycles. The Bertz CT molecular complexity index is 321. The van der Waals surface area contributed by atoms with Gasteiger partial charge < -0.3 is 15.1 Å². The number of carbonyl (C=O) groups excluding carboxylic acids is 2. The van der Waals surface area contributed by atoms with Gasteiger partial charge in [-0.3, -0.25) is 9.59 Å². The SMILES string of the molecule is CC(=O)NCCNC(=O)Cc1cocn1. The molecule has 0 radical (unpaired) electrons. The topological polar surface area (TPSA) is 84.2 Å². The van der Waals surface area contributed by atoms with Crippen LogP contribution in [0, 0.1) is 0 Å². The molecule has 1 aromatic heterocycles. The summed E-state index contributed by atoms with van der Waals surface area (Å²) < 4.78 is 4.72. The molecule has 0 aliphatic rings. The first-order chi connectivity index (χ1) is 7.18. The first kappa shape index (κ1) is 11.2. The van der Waals surface area contributed by atoms with Crippen molar-refractivity contribution in [2.24, 2.45) is 0 Å². The Morgan fingerprint density at radius 3 is 2.73 bits per heavy atom. The van der Waals surface area contributed by atoms with Crippen molar-refractivity contribution in [1.29, 1.82) is 0 Å². The minimum absolute atomic E-state index is 0.110. The molecule has 0 unspecified atom stereocenters. The van der Waals surface area contributed by atoms with Crippen molar-refractivity contribution < 1.29 is 14.0 Å². The molecule has 0 aromatic carbocycles. The molecule has 15 heavy (non-hydrogen) atoms. The number of nitrogens with one attached hydrogen (secondary N) is 2. The van der Waals surface area contributed by atoms with Gasteiger partial charge in [-0.2, -0.15) is 0 Å². The predicted octanol–water partition coefficient (Wildman–Crippen LogP) is -0.531. The van der Waals surface area contributed by atoms with Gasteiger partial charge in [0.2, 0.25) is 11.8 Å². The number of amides is 2. The van der Waals surface area contributed by atoms with Gasteiger partial charge in [-0.25, -0.2) is 4.98 Å². The molecule has 2 amide bonds. The van der Waals surface area contributed by atoms with Gasteiger partial charge in [-0.1, -0.05) is 0 Å². The van der Waals surface area contributed by atoms with E-state index in [0.29, 0.717) is 18.8 Å². The van der Waals surface area contributed by atoms with Crippen LogP contribution in [0.15, 0.2) is 17.1 Å². The molecule has 0 saturated heterocycles. The molecule has 0 spiro atoms. The fraction of sp³-hybridized carbons (Fsp3) is 0.444. The Labute approximate surface area is 87.1 Å². The fourth-order valence-corrected chi connectivity index (χ4v) is 0.992. The van der Waals surface area contributed by atoms with Crippen LogP contribution in [0.3, 0.4) is 0 Å². The van der Waals surface area contributed by atoms with Gasteiger partial charge in [0.15, 0.2) is 6.39 Å². The van der Waals surface area contributed by atoms with Gasteiger partial charge in [0.05, 0.1) is 12.1 Å². The molecular formula is C9H13N3O3. The zero-order chi connectivity index (χ0) is 11.1. The maximum atomic E-state index is 11.2. The van der Waals surface area contributed by atoms with E-state index in [1.807, 2.05) is 0 Å². The summed E-state index contributed by atoms with van der Waals surface area (Å²) in [5.41, 5.74) is 0.590. The molecule has 0 fully saturated rings. The average molecular weight is 211 g/mol. The Hall–Kier alpha value is -1.85. The van der Waals surface area contributed by atoms with E-state index in [4.69, 9.17) is 4.42 Å². The lowest BCUT2D eigenvalue weighted by molar-refractivity contribution is -0.121. The van der Waals surface area contributed by atoms with E-state index in [1.165, 1.54) is 19.6 Å². The molecule has 6 nitrogen and oxygen atoms in total. The smallest absolute Gasteiger partial charge is 0.226 e. The van der Waals surface area contributed by atoms with Crippen LogP contribution in [0.4, 0.5) is 0 Å². The highest BCUT2D eigenvalue weighted by Gasteiger charge is 2.04. The monoisotopic (exact) mass is 211 g/mol. The third kappa shape index (κ3) is 4.80. The van der Waals surface area contributed by atoms with Gasteiger partial charge in [0.25, 0.3) is 0 Å². The van der Waals surface area contributed by atoms with E-state index in [1.54, 1.807) is 0 Å². The number of hydrogen-bond donors (Lipinski definition) is 2. The molecule has 0 aliphatic heterocycles. The van der Waals surface area contributed by atoms with Gasteiger partial charge in [-0.15, -0.1) is 0 Å². The van der Waals surface area contributed by atoms with Crippen LogP contribution < -0.4 is 10.6 Å². The zero-order valence-electron chi connectivity index (χ0n) is 8.45. The summed E-state index contributed by atoms with van der Waals surface area (Å²) in [7, 11) is 0. The summed E-state index contributed by atoms with van der Waals surface area (Å²) in [5, 5.41) is 5.21. The minimum Gasteiger partial charge on any atom is -0.451 e. The molecule has 1 heterocycles. The summed E-state index contributed by atoms with van der Waals surface area (Å²) in [6.45, 7) is 2.27. The Morgan fingerprint density at radius 1 is 1.40 bits per heavy atom. The van der Waals surface area contributed by atoms with Crippen molar-refractivity contribution >= 4 is 11.8 Å². The van der Waals surface area contributed by atoms with Crippen molar-refractivity contribution in [1.82, 2.24) is 15.6 Å². The Balaban J connectivity index is 2.11. The largest absolute Gasteiger partial charge is 0.451 e. The second kappa shape index (κ2) is 5.79. The number of carbonyl (C=O) groups is 2. The summed E-state index contributed by atoms with van der Waals surface area (Å²) >= 11 is 0. The van der Waals surface area contributed by atoms with Crippen molar-refractivity contribution in [2.45, 2.75) is 13.3 Å². The Morgan fingerprint density at radius 2 is 2.13 bits per heavy atom. The fourth-order valence-electron chi connectivity index (χ4n) is 0.992. The highest BCUT2D eigenvalue weighted by atomic mass is 16.3. The predicted molar refractivity (Wildman–Crippen MR) is 51.9 cm³/mol. The average Bonchev–Trinajstić information content (AvgIpc) is 2.64. The van der Waals surface area contributed by atoms with E-state index < -0.39 is 0 Å². The lowest BCUT2D eigenvalue weighted by Crippen LogP contribution is -2.34. The molecule has 1 aromatic rings. The van der Waals surface area contributed by atoms with Gasteiger partial charge in [0, 0.05) is 20.0 Å².